The van der Waals surface area contributed by atoms with Gasteiger partial charge >= 0.3 is 0 Å². The lowest BCUT2D eigenvalue weighted by Crippen LogP contribution is -2.33. The molecule has 0 aliphatic carbocycles. The Balaban J connectivity index is 1.86. The van der Waals surface area contributed by atoms with Crippen LogP contribution in [0.5, 0.6) is 5.75 Å². The minimum atomic E-state index is -1.17. The summed E-state index contributed by atoms with van der Waals surface area (Å²) in [6.07, 6.45) is 0.722. The molecule has 0 saturated carbocycles. The molecule has 1 unspecified atom stereocenters. The van der Waals surface area contributed by atoms with E-state index in [2.05, 4.69) is 5.32 Å². The Morgan fingerprint density at radius 2 is 1.79 bits per heavy atom. The number of amides is 1. The van der Waals surface area contributed by atoms with E-state index in [9.17, 15) is 9.90 Å². The first-order valence-corrected chi connectivity index (χ1v) is 8.28. The number of carbonyl (C=O) groups excluding carboxylic acids is 1. The lowest BCUT2D eigenvalue weighted by atomic mass is 9.92. The summed E-state index contributed by atoms with van der Waals surface area (Å²) in [6.45, 7) is 4.73. The van der Waals surface area contributed by atoms with E-state index in [1.54, 1.807) is 6.92 Å². The van der Waals surface area contributed by atoms with Crippen molar-refractivity contribution in [1.82, 2.24) is 5.32 Å². The smallest absolute Gasteiger partial charge is 0.223 e. The summed E-state index contributed by atoms with van der Waals surface area (Å²) >= 11 is 0. The van der Waals surface area contributed by atoms with E-state index in [0.717, 1.165) is 16.9 Å². The Hall–Kier alpha value is -2.33. The van der Waals surface area contributed by atoms with Crippen LogP contribution in [0.4, 0.5) is 0 Å². The van der Waals surface area contributed by atoms with Gasteiger partial charge in [-0.05, 0) is 37.5 Å². The van der Waals surface area contributed by atoms with Crippen molar-refractivity contribution >= 4 is 5.91 Å². The average Bonchev–Trinajstić information content (AvgIpc) is 2.57. The van der Waals surface area contributed by atoms with E-state index in [1.807, 2.05) is 61.5 Å². The highest BCUT2D eigenvalue weighted by molar-refractivity contribution is 5.77. The van der Waals surface area contributed by atoms with Crippen LogP contribution in [0.15, 0.2) is 54.6 Å². The van der Waals surface area contributed by atoms with Crippen LogP contribution >= 0.6 is 0 Å². The fourth-order valence-corrected chi connectivity index (χ4v) is 2.62. The summed E-state index contributed by atoms with van der Waals surface area (Å²) in [4.78, 5) is 12.1. The Bertz CT molecular complexity index is 653. The third kappa shape index (κ3) is 5.10. The van der Waals surface area contributed by atoms with Crippen LogP contribution in [0.2, 0.25) is 0 Å². The molecule has 0 fully saturated rings. The average molecular weight is 327 g/mol. The van der Waals surface area contributed by atoms with E-state index in [1.165, 1.54) is 0 Å². The molecular formula is C20H25NO3. The number of nitrogens with one attached hydrogen (secondary N) is 1. The van der Waals surface area contributed by atoms with Crippen LogP contribution in [-0.4, -0.2) is 24.2 Å². The Labute approximate surface area is 143 Å². The predicted octanol–water partition coefficient (Wildman–Crippen LogP) is 3.04. The monoisotopic (exact) mass is 327 g/mol. The first-order chi connectivity index (χ1) is 11.5. The normalized spacial score (nSPS) is 13.1. The van der Waals surface area contributed by atoms with Gasteiger partial charge in [0, 0.05) is 6.54 Å². The van der Waals surface area contributed by atoms with Crippen molar-refractivity contribution in [1.29, 1.82) is 0 Å². The van der Waals surface area contributed by atoms with Crippen molar-refractivity contribution < 1.29 is 14.6 Å². The van der Waals surface area contributed by atoms with Crippen LogP contribution in [0.3, 0.4) is 0 Å². The van der Waals surface area contributed by atoms with Crippen molar-refractivity contribution in [2.75, 3.05) is 13.2 Å². The second kappa shape index (κ2) is 8.50. The second-order valence-corrected chi connectivity index (χ2v) is 5.96. The van der Waals surface area contributed by atoms with Gasteiger partial charge < -0.3 is 15.2 Å². The highest BCUT2D eigenvalue weighted by Gasteiger charge is 2.26. The van der Waals surface area contributed by atoms with Gasteiger partial charge in [0.2, 0.25) is 5.91 Å². The molecule has 24 heavy (non-hydrogen) atoms. The summed E-state index contributed by atoms with van der Waals surface area (Å²) < 4.78 is 5.58. The van der Waals surface area contributed by atoms with Gasteiger partial charge in [-0.3, -0.25) is 4.79 Å². The molecule has 2 aromatic carbocycles. The quantitative estimate of drug-likeness (QED) is 0.783. The van der Waals surface area contributed by atoms with E-state index in [0.29, 0.717) is 19.6 Å². The van der Waals surface area contributed by atoms with Crippen LogP contribution in [0.1, 0.15) is 31.4 Å². The molecule has 4 nitrogen and oxygen atoms in total. The molecule has 2 aromatic rings. The predicted molar refractivity (Wildman–Crippen MR) is 95.0 cm³/mol. The summed E-state index contributed by atoms with van der Waals surface area (Å²) in [5.41, 5.74) is 0.630. The van der Waals surface area contributed by atoms with Gasteiger partial charge in [0.05, 0.1) is 18.6 Å². The summed E-state index contributed by atoms with van der Waals surface area (Å²) in [5, 5.41) is 13.4. The number of hydrogen-bond acceptors (Lipinski definition) is 3. The van der Waals surface area contributed by atoms with Crippen molar-refractivity contribution in [2.45, 2.75) is 32.3 Å². The fourth-order valence-electron chi connectivity index (χ4n) is 2.62. The molecule has 2 N–H and O–H groups in total. The summed E-state index contributed by atoms with van der Waals surface area (Å²) in [6, 6.07) is 17.1. The van der Waals surface area contributed by atoms with Crippen molar-refractivity contribution in [3.05, 3.63) is 65.7 Å². The first kappa shape index (κ1) is 18.0. The molecule has 0 aliphatic rings. The van der Waals surface area contributed by atoms with Crippen LogP contribution in [0, 0.1) is 0 Å². The Morgan fingerprint density at radius 1 is 1.12 bits per heavy atom. The first-order valence-electron chi connectivity index (χ1n) is 8.28. The minimum absolute atomic E-state index is 0.0319. The van der Waals surface area contributed by atoms with Gasteiger partial charge in [-0.1, -0.05) is 48.5 Å². The minimum Gasteiger partial charge on any atom is -0.494 e. The number of carbonyl (C=O) groups is 1. The number of rotatable bonds is 8. The molecule has 0 radical (unpaired) electrons. The molecule has 0 aromatic heterocycles. The van der Waals surface area contributed by atoms with Crippen LogP contribution < -0.4 is 10.1 Å². The topological polar surface area (TPSA) is 58.6 Å². The molecule has 1 atom stereocenters. The van der Waals surface area contributed by atoms with Gasteiger partial charge in [-0.15, -0.1) is 0 Å². The van der Waals surface area contributed by atoms with Gasteiger partial charge in [0.15, 0.2) is 0 Å². The molecule has 0 bridgehead atoms. The zero-order valence-corrected chi connectivity index (χ0v) is 14.3. The number of hydrogen-bond donors (Lipinski definition) is 2. The molecular weight excluding hydrogens is 302 g/mol. The summed E-state index contributed by atoms with van der Waals surface area (Å²) in [5.74, 6) is 0.684. The van der Waals surface area contributed by atoms with Crippen LogP contribution in [-0.2, 0) is 16.8 Å². The highest BCUT2D eigenvalue weighted by Crippen LogP contribution is 2.24. The zero-order valence-electron chi connectivity index (χ0n) is 14.3. The number of aliphatic hydroxyl groups is 1. The van der Waals surface area contributed by atoms with E-state index in [4.69, 9.17) is 4.74 Å². The maximum atomic E-state index is 12.1. The third-order valence-corrected chi connectivity index (χ3v) is 3.89. The SMILES string of the molecule is CCOc1ccccc1CCNC(=O)CC(C)(O)c1ccccc1. The van der Waals surface area contributed by atoms with Crippen molar-refractivity contribution in [3.8, 4) is 5.75 Å². The van der Waals surface area contributed by atoms with Gasteiger partial charge in [-0.2, -0.15) is 0 Å². The highest BCUT2D eigenvalue weighted by atomic mass is 16.5. The molecule has 0 heterocycles. The maximum absolute atomic E-state index is 12.1. The molecule has 1 amide bonds. The number of benzene rings is 2. The number of ether oxygens (including phenoxy) is 1. The lowest BCUT2D eigenvalue weighted by molar-refractivity contribution is -0.125. The molecule has 0 spiro atoms. The Kier molecular flexibility index (Phi) is 6.38. The van der Waals surface area contributed by atoms with E-state index >= 15 is 0 Å². The lowest BCUT2D eigenvalue weighted by Gasteiger charge is -2.23. The van der Waals surface area contributed by atoms with Gasteiger partial charge in [-0.25, -0.2) is 0 Å². The molecule has 4 heteroatoms. The number of para-hydroxylation sites is 1. The third-order valence-electron chi connectivity index (χ3n) is 3.89. The standard InChI is InChI=1S/C20H25NO3/c1-3-24-18-12-8-7-9-16(18)13-14-21-19(22)15-20(2,23)17-10-5-4-6-11-17/h4-12,23H,3,13-15H2,1-2H3,(H,21,22). The van der Waals surface area contributed by atoms with Gasteiger partial charge in [0.25, 0.3) is 0 Å². The fraction of sp³-hybridized carbons (Fsp3) is 0.350. The molecule has 2 rings (SSSR count). The van der Waals surface area contributed by atoms with E-state index in [-0.39, 0.29) is 12.3 Å². The summed E-state index contributed by atoms with van der Waals surface area (Å²) in [7, 11) is 0. The zero-order chi connectivity index (χ0) is 17.4. The molecule has 128 valence electrons. The maximum Gasteiger partial charge on any atom is 0.223 e. The van der Waals surface area contributed by atoms with Gasteiger partial charge in [0.1, 0.15) is 5.75 Å². The largest absolute Gasteiger partial charge is 0.494 e. The second-order valence-electron chi connectivity index (χ2n) is 5.96. The molecule has 0 saturated heterocycles. The Morgan fingerprint density at radius 3 is 2.50 bits per heavy atom. The van der Waals surface area contributed by atoms with Crippen LogP contribution in [0.25, 0.3) is 0 Å². The van der Waals surface area contributed by atoms with Crippen molar-refractivity contribution in [2.24, 2.45) is 0 Å². The van der Waals surface area contributed by atoms with E-state index < -0.39 is 5.60 Å². The molecule has 0 aliphatic heterocycles. The van der Waals surface area contributed by atoms with Crippen molar-refractivity contribution in [3.63, 3.8) is 0 Å².